The molecule has 0 saturated heterocycles. The first-order valence-corrected chi connectivity index (χ1v) is 8.67. The number of rotatable bonds is 4. The standard InChI is InChI=1S/C19H19N5O2/c1-13-22-18(24-26-13)19(9-5-6-10-19)23-17(25)15-11-20-16(21-12-15)14-7-3-2-4-8-14/h2-4,7-8,11-12H,5-6,9-10H2,1H3,(H,23,25). The monoisotopic (exact) mass is 349 g/mol. The van der Waals surface area contributed by atoms with Crippen LogP contribution >= 0.6 is 0 Å². The number of carbonyl (C=O) groups is 1. The van der Waals surface area contributed by atoms with E-state index in [1.54, 1.807) is 19.3 Å². The van der Waals surface area contributed by atoms with Crippen LogP contribution in [0.1, 0.15) is 47.8 Å². The summed E-state index contributed by atoms with van der Waals surface area (Å²) in [5.74, 6) is 1.40. The van der Waals surface area contributed by atoms with E-state index in [1.807, 2.05) is 30.3 Å². The van der Waals surface area contributed by atoms with E-state index in [0.717, 1.165) is 31.2 Å². The number of aromatic nitrogens is 4. The third-order valence-electron chi connectivity index (χ3n) is 4.71. The Bertz CT molecular complexity index is 899. The topological polar surface area (TPSA) is 93.8 Å². The summed E-state index contributed by atoms with van der Waals surface area (Å²) in [4.78, 5) is 25.7. The molecule has 0 aliphatic heterocycles. The zero-order valence-corrected chi connectivity index (χ0v) is 14.5. The van der Waals surface area contributed by atoms with Crippen LogP contribution in [0.25, 0.3) is 11.4 Å². The number of amides is 1. The van der Waals surface area contributed by atoms with Crippen LogP contribution in [0.4, 0.5) is 0 Å². The number of nitrogens with one attached hydrogen (secondary N) is 1. The quantitative estimate of drug-likeness (QED) is 0.778. The summed E-state index contributed by atoms with van der Waals surface area (Å²) in [6, 6.07) is 9.65. The molecule has 7 heteroatoms. The average molecular weight is 349 g/mol. The molecular formula is C19H19N5O2. The van der Waals surface area contributed by atoms with Crippen LogP contribution in [0.3, 0.4) is 0 Å². The SMILES string of the molecule is Cc1nc(C2(NC(=O)c3cnc(-c4ccccc4)nc3)CCCC2)no1. The second-order valence-corrected chi connectivity index (χ2v) is 6.54. The van der Waals surface area contributed by atoms with Crippen molar-refractivity contribution in [3.8, 4) is 11.4 Å². The number of hydrogen-bond acceptors (Lipinski definition) is 6. The smallest absolute Gasteiger partial charge is 0.255 e. The molecule has 1 aromatic carbocycles. The summed E-state index contributed by atoms with van der Waals surface area (Å²) in [6.45, 7) is 1.75. The zero-order valence-electron chi connectivity index (χ0n) is 14.5. The molecular weight excluding hydrogens is 330 g/mol. The summed E-state index contributed by atoms with van der Waals surface area (Å²) in [6.07, 6.45) is 6.71. The minimum atomic E-state index is -0.576. The van der Waals surface area contributed by atoms with E-state index in [9.17, 15) is 4.79 Å². The van der Waals surface area contributed by atoms with E-state index in [4.69, 9.17) is 4.52 Å². The lowest BCUT2D eigenvalue weighted by molar-refractivity contribution is 0.0891. The first-order chi connectivity index (χ1) is 12.7. The fourth-order valence-corrected chi connectivity index (χ4v) is 3.35. The van der Waals surface area contributed by atoms with Crippen LogP contribution in [-0.2, 0) is 5.54 Å². The molecule has 26 heavy (non-hydrogen) atoms. The minimum absolute atomic E-state index is 0.228. The number of hydrogen-bond donors (Lipinski definition) is 1. The maximum atomic E-state index is 12.8. The zero-order chi connectivity index (χ0) is 18.0. The van der Waals surface area contributed by atoms with Crippen molar-refractivity contribution in [2.45, 2.75) is 38.1 Å². The van der Waals surface area contributed by atoms with Gasteiger partial charge in [0.25, 0.3) is 5.91 Å². The van der Waals surface area contributed by atoms with Crippen molar-refractivity contribution < 1.29 is 9.32 Å². The van der Waals surface area contributed by atoms with Crippen molar-refractivity contribution in [3.05, 3.63) is 60.0 Å². The van der Waals surface area contributed by atoms with Crippen LogP contribution in [0, 0.1) is 6.92 Å². The molecule has 1 aliphatic carbocycles. The van der Waals surface area contributed by atoms with Gasteiger partial charge in [0.2, 0.25) is 5.89 Å². The number of benzene rings is 1. The van der Waals surface area contributed by atoms with Crippen molar-refractivity contribution >= 4 is 5.91 Å². The van der Waals surface area contributed by atoms with Crippen LogP contribution in [-0.4, -0.2) is 26.0 Å². The van der Waals surface area contributed by atoms with Gasteiger partial charge in [-0.05, 0) is 12.8 Å². The highest BCUT2D eigenvalue weighted by Crippen LogP contribution is 2.37. The Morgan fingerprint density at radius 3 is 2.42 bits per heavy atom. The maximum Gasteiger partial charge on any atom is 0.255 e. The molecule has 1 saturated carbocycles. The Morgan fingerprint density at radius 1 is 1.12 bits per heavy atom. The van der Waals surface area contributed by atoms with Crippen molar-refractivity contribution in [3.63, 3.8) is 0 Å². The van der Waals surface area contributed by atoms with Gasteiger partial charge >= 0.3 is 0 Å². The number of carbonyl (C=O) groups excluding carboxylic acids is 1. The predicted octanol–water partition coefficient (Wildman–Crippen LogP) is 3.03. The van der Waals surface area contributed by atoms with Gasteiger partial charge < -0.3 is 9.84 Å². The number of nitrogens with zero attached hydrogens (tertiary/aromatic N) is 4. The van der Waals surface area contributed by atoms with Gasteiger partial charge in [-0.3, -0.25) is 4.79 Å². The third kappa shape index (κ3) is 3.08. The Kier molecular flexibility index (Phi) is 4.20. The Balaban J connectivity index is 1.55. The van der Waals surface area contributed by atoms with Crippen molar-refractivity contribution in [1.82, 2.24) is 25.4 Å². The van der Waals surface area contributed by atoms with Gasteiger partial charge in [0.15, 0.2) is 11.6 Å². The molecule has 0 spiro atoms. The van der Waals surface area contributed by atoms with Gasteiger partial charge in [-0.2, -0.15) is 4.98 Å². The molecule has 4 rings (SSSR count). The van der Waals surface area contributed by atoms with E-state index in [2.05, 4.69) is 25.4 Å². The van der Waals surface area contributed by atoms with Crippen molar-refractivity contribution in [1.29, 1.82) is 0 Å². The first kappa shape index (κ1) is 16.4. The van der Waals surface area contributed by atoms with Crippen LogP contribution in [0.15, 0.2) is 47.2 Å². The van der Waals surface area contributed by atoms with Crippen LogP contribution in [0.2, 0.25) is 0 Å². The van der Waals surface area contributed by atoms with Crippen LogP contribution < -0.4 is 5.32 Å². The molecule has 0 atom stereocenters. The molecule has 1 N–H and O–H groups in total. The lowest BCUT2D eigenvalue weighted by atomic mass is 9.96. The first-order valence-electron chi connectivity index (χ1n) is 8.67. The molecule has 0 radical (unpaired) electrons. The van der Waals surface area contributed by atoms with E-state index in [1.165, 1.54) is 0 Å². The summed E-state index contributed by atoms with van der Waals surface area (Å²) in [5.41, 5.74) is 0.748. The maximum absolute atomic E-state index is 12.8. The minimum Gasteiger partial charge on any atom is -0.340 e. The van der Waals surface area contributed by atoms with Crippen molar-refractivity contribution in [2.75, 3.05) is 0 Å². The third-order valence-corrected chi connectivity index (χ3v) is 4.71. The normalized spacial score (nSPS) is 15.7. The fraction of sp³-hybridized carbons (Fsp3) is 0.316. The molecule has 1 amide bonds. The number of aryl methyl sites for hydroxylation is 1. The Hall–Kier alpha value is -3.09. The molecule has 7 nitrogen and oxygen atoms in total. The lowest BCUT2D eigenvalue weighted by Gasteiger charge is -2.26. The highest BCUT2D eigenvalue weighted by molar-refractivity contribution is 5.94. The molecule has 0 bridgehead atoms. The molecule has 2 aromatic heterocycles. The second-order valence-electron chi connectivity index (χ2n) is 6.54. The molecule has 3 aromatic rings. The van der Waals surface area contributed by atoms with Crippen LogP contribution in [0.5, 0.6) is 0 Å². The van der Waals surface area contributed by atoms with Gasteiger partial charge in [0, 0.05) is 24.9 Å². The predicted molar refractivity (Wildman–Crippen MR) is 94.1 cm³/mol. The average Bonchev–Trinajstić information content (AvgIpc) is 3.32. The highest BCUT2D eigenvalue weighted by atomic mass is 16.5. The van der Waals surface area contributed by atoms with Gasteiger partial charge in [-0.15, -0.1) is 0 Å². The van der Waals surface area contributed by atoms with E-state index in [0.29, 0.717) is 23.1 Å². The molecule has 132 valence electrons. The summed E-state index contributed by atoms with van der Waals surface area (Å²) >= 11 is 0. The molecule has 0 unspecified atom stereocenters. The fourth-order valence-electron chi connectivity index (χ4n) is 3.35. The van der Waals surface area contributed by atoms with E-state index < -0.39 is 5.54 Å². The highest BCUT2D eigenvalue weighted by Gasteiger charge is 2.41. The molecule has 1 fully saturated rings. The summed E-state index contributed by atoms with van der Waals surface area (Å²) in [7, 11) is 0. The van der Waals surface area contributed by atoms with Gasteiger partial charge in [0.1, 0.15) is 5.54 Å². The van der Waals surface area contributed by atoms with Gasteiger partial charge in [0.05, 0.1) is 5.56 Å². The lowest BCUT2D eigenvalue weighted by Crippen LogP contribution is -2.44. The summed E-state index contributed by atoms with van der Waals surface area (Å²) in [5, 5.41) is 7.13. The largest absolute Gasteiger partial charge is 0.340 e. The Labute approximate surface area is 150 Å². The van der Waals surface area contributed by atoms with Gasteiger partial charge in [-0.1, -0.05) is 48.3 Å². The second kappa shape index (κ2) is 6.67. The molecule has 1 aliphatic rings. The molecule has 2 heterocycles. The Morgan fingerprint density at radius 2 is 1.81 bits per heavy atom. The van der Waals surface area contributed by atoms with Gasteiger partial charge in [-0.25, -0.2) is 9.97 Å². The van der Waals surface area contributed by atoms with E-state index >= 15 is 0 Å². The van der Waals surface area contributed by atoms with Crippen molar-refractivity contribution in [2.24, 2.45) is 0 Å². The van der Waals surface area contributed by atoms with E-state index in [-0.39, 0.29) is 5.91 Å². The summed E-state index contributed by atoms with van der Waals surface area (Å²) < 4.78 is 5.12.